The van der Waals surface area contributed by atoms with Crippen molar-refractivity contribution in [2.24, 2.45) is 0 Å². The summed E-state index contributed by atoms with van der Waals surface area (Å²) in [5.74, 6) is -2.21. The summed E-state index contributed by atoms with van der Waals surface area (Å²) in [5, 5.41) is 13.2. The van der Waals surface area contributed by atoms with Crippen LogP contribution >= 0.6 is 0 Å². The van der Waals surface area contributed by atoms with Crippen LogP contribution in [0.15, 0.2) is 18.2 Å². The quantitative estimate of drug-likeness (QED) is 0.673. The first kappa shape index (κ1) is 15.3. The highest BCUT2D eigenvalue weighted by atomic mass is 19.1. The minimum absolute atomic E-state index is 0.0151. The Kier molecular flexibility index (Phi) is 4.19. The van der Waals surface area contributed by atoms with Crippen molar-refractivity contribution >= 4 is 11.6 Å². The van der Waals surface area contributed by atoms with Gasteiger partial charge in [0.05, 0.1) is 11.5 Å². The summed E-state index contributed by atoms with van der Waals surface area (Å²) in [6.45, 7) is 4.07. The van der Waals surface area contributed by atoms with Gasteiger partial charge in [-0.05, 0) is 26.0 Å². The highest BCUT2D eigenvalue weighted by Gasteiger charge is 2.32. The maximum atomic E-state index is 13.2. The highest BCUT2D eigenvalue weighted by molar-refractivity contribution is 5.94. The lowest BCUT2D eigenvalue weighted by Crippen LogP contribution is -2.34. The van der Waals surface area contributed by atoms with Crippen molar-refractivity contribution in [2.75, 3.05) is 13.2 Å². The average molecular weight is 298 g/mol. The molecule has 1 aliphatic heterocycles. The van der Waals surface area contributed by atoms with Gasteiger partial charge in [-0.25, -0.2) is 0 Å². The topological polar surface area (TPSA) is 90.7 Å². The molecule has 0 aliphatic carbocycles. The molecule has 1 saturated heterocycles. The molecule has 1 heterocycles. The van der Waals surface area contributed by atoms with Crippen LogP contribution in [0.1, 0.15) is 24.2 Å². The second-order valence-corrected chi connectivity index (χ2v) is 5.08. The van der Waals surface area contributed by atoms with Gasteiger partial charge in [-0.2, -0.15) is 4.39 Å². The third-order valence-corrected chi connectivity index (χ3v) is 2.96. The Morgan fingerprint density at radius 3 is 2.86 bits per heavy atom. The van der Waals surface area contributed by atoms with Gasteiger partial charge < -0.3 is 14.8 Å². The molecule has 1 N–H and O–H groups in total. The largest absolute Gasteiger partial charge is 0.349 e. The molecule has 1 aromatic carbocycles. The lowest BCUT2D eigenvalue weighted by atomic mass is 10.2. The number of carbonyl (C=O) groups is 1. The lowest BCUT2D eigenvalue weighted by Gasteiger charge is -2.17. The molecular formula is C13H15FN2O5. The van der Waals surface area contributed by atoms with Crippen LogP contribution in [0.5, 0.6) is 0 Å². The molecule has 2 rings (SSSR count). The van der Waals surface area contributed by atoms with Crippen LogP contribution in [0.3, 0.4) is 0 Å². The first-order valence-electron chi connectivity index (χ1n) is 6.32. The Morgan fingerprint density at radius 2 is 2.29 bits per heavy atom. The summed E-state index contributed by atoms with van der Waals surface area (Å²) in [7, 11) is 0. The number of nitrogens with one attached hydrogen (secondary N) is 1. The van der Waals surface area contributed by atoms with Gasteiger partial charge in [0.25, 0.3) is 5.91 Å². The maximum absolute atomic E-state index is 13.2. The molecule has 1 aromatic rings. The van der Waals surface area contributed by atoms with Gasteiger partial charge in [-0.15, -0.1) is 0 Å². The van der Waals surface area contributed by atoms with Crippen LogP contribution in [0.4, 0.5) is 10.1 Å². The lowest BCUT2D eigenvalue weighted by molar-refractivity contribution is -0.387. The van der Waals surface area contributed by atoms with Crippen molar-refractivity contribution in [1.29, 1.82) is 0 Å². The van der Waals surface area contributed by atoms with Crippen molar-refractivity contribution in [2.45, 2.75) is 25.7 Å². The summed E-state index contributed by atoms with van der Waals surface area (Å²) in [6.07, 6.45) is -0.292. The zero-order valence-electron chi connectivity index (χ0n) is 11.6. The Morgan fingerprint density at radius 1 is 1.57 bits per heavy atom. The van der Waals surface area contributed by atoms with Crippen LogP contribution in [0.25, 0.3) is 0 Å². The molecule has 0 bridgehead atoms. The van der Waals surface area contributed by atoms with Crippen molar-refractivity contribution in [1.82, 2.24) is 5.32 Å². The smallest absolute Gasteiger partial charge is 0.305 e. The zero-order valence-corrected chi connectivity index (χ0v) is 11.6. The van der Waals surface area contributed by atoms with Crippen LogP contribution < -0.4 is 5.32 Å². The van der Waals surface area contributed by atoms with E-state index in [0.717, 1.165) is 12.1 Å². The fraction of sp³-hybridized carbons (Fsp3) is 0.462. The third-order valence-electron chi connectivity index (χ3n) is 2.96. The minimum Gasteiger partial charge on any atom is -0.349 e. The fourth-order valence-electron chi connectivity index (χ4n) is 1.97. The normalized spacial score (nSPS) is 20.2. The molecule has 7 nitrogen and oxygen atoms in total. The Labute approximate surface area is 120 Å². The molecule has 1 atom stereocenters. The van der Waals surface area contributed by atoms with Gasteiger partial charge in [-0.3, -0.25) is 14.9 Å². The van der Waals surface area contributed by atoms with Gasteiger partial charge in [0.2, 0.25) is 5.82 Å². The van der Waals surface area contributed by atoms with E-state index in [2.05, 4.69) is 5.32 Å². The molecule has 1 aliphatic rings. The van der Waals surface area contributed by atoms with E-state index in [1.165, 1.54) is 6.07 Å². The number of rotatable bonds is 4. The molecule has 1 amide bonds. The SMILES string of the molecule is CC1(C)OCC(CNC(=O)c2ccc(F)c([N+](=O)[O-])c2)O1. The first-order valence-corrected chi connectivity index (χ1v) is 6.32. The number of hydrogen-bond acceptors (Lipinski definition) is 5. The third kappa shape index (κ3) is 3.73. The maximum Gasteiger partial charge on any atom is 0.305 e. The Hall–Kier alpha value is -2.06. The predicted molar refractivity (Wildman–Crippen MR) is 70.3 cm³/mol. The number of amides is 1. The van der Waals surface area contributed by atoms with Crippen LogP contribution in [0, 0.1) is 15.9 Å². The highest BCUT2D eigenvalue weighted by Crippen LogP contribution is 2.22. The van der Waals surface area contributed by atoms with Crippen molar-refractivity contribution in [3.05, 3.63) is 39.7 Å². The van der Waals surface area contributed by atoms with Gasteiger partial charge in [0.1, 0.15) is 6.10 Å². The van der Waals surface area contributed by atoms with Crippen LogP contribution in [0.2, 0.25) is 0 Å². The van der Waals surface area contributed by atoms with E-state index in [1.54, 1.807) is 13.8 Å². The number of nitro groups is 1. The number of ether oxygens (including phenoxy) is 2. The van der Waals surface area contributed by atoms with Gasteiger partial charge in [0, 0.05) is 18.2 Å². The molecule has 8 heteroatoms. The van der Waals surface area contributed by atoms with Crippen LogP contribution in [-0.2, 0) is 9.47 Å². The Bertz CT molecular complexity index is 576. The summed E-state index contributed by atoms with van der Waals surface area (Å²) in [6, 6.07) is 2.99. The molecule has 0 aromatic heterocycles. The predicted octanol–water partition coefficient (Wildman–Crippen LogP) is 1.62. The average Bonchev–Trinajstić information content (AvgIpc) is 2.75. The molecule has 0 spiro atoms. The van der Waals surface area contributed by atoms with E-state index in [1.807, 2.05) is 0 Å². The number of carbonyl (C=O) groups excluding carboxylic acids is 1. The van der Waals surface area contributed by atoms with Gasteiger partial charge in [0.15, 0.2) is 5.79 Å². The number of benzene rings is 1. The van der Waals surface area contributed by atoms with Crippen molar-refractivity contribution in [3.8, 4) is 0 Å². The minimum atomic E-state index is -0.981. The summed E-state index contributed by atoms with van der Waals surface area (Å²) in [4.78, 5) is 21.7. The monoisotopic (exact) mass is 298 g/mol. The van der Waals surface area contributed by atoms with E-state index < -0.39 is 28.1 Å². The molecule has 1 fully saturated rings. The number of hydrogen-bond donors (Lipinski definition) is 1. The van der Waals surface area contributed by atoms with E-state index in [-0.39, 0.29) is 18.2 Å². The number of nitro benzene ring substituents is 1. The molecule has 114 valence electrons. The first-order chi connectivity index (χ1) is 9.78. The number of halogens is 1. The Balaban J connectivity index is 1.98. The van der Waals surface area contributed by atoms with E-state index >= 15 is 0 Å². The van der Waals surface area contributed by atoms with E-state index in [0.29, 0.717) is 6.61 Å². The summed E-state index contributed by atoms with van der Waals surface area (Å²) in [5.41, 5.74) is -0.717. The zero-order chi connectivity index (χ0) is 15.6. The van der Waals surface area contributed by atoms with Crippen LogP contribution in [-0.4, -0.2) is 35.9 Å². The number of nitrogens with zero attached hydrogens (tertiary/aromatic N) is 1. The standard InChI is InChI=1S/C13H15FN2O5/c1-13(2)20-7-9(21-13)6-15-12(17)8-3-4-10(14)11(5-8)16(18)19/h3-5,9H,6-7H2,1-2H3,(H,15,17). The summed E-state index contributed by atoms with van der Waals surface area (Å²) < 4.78 is 24.0. The van der Waals surface area contributed by atoms with E-state index in [4.69, 9.17) is 9.47 Å². The second kappa shape index (κ2) is 5.74. The second-order valence-electron chi connectivity index (χ2n) is 5.08. The molecular weight excluding hydrogens is 283 g/mol. The molecule has 0 radical (unpaired) electrons. The molecule has 1 unspecified atom stereocenters. The van der Waals surface area contributed by atoms with Gasteiger partial charge in [-0.1, -0.05) is 0 Å². The summed E-state index contributed by atoms with van der Waals surface area (Å²) >= 11 is 0. The van der Waals surface area contributed by atoms with Gasteiger partial charge >= 0.3 is 5.69 Å². The van der Waals surface area contributed by atoms with Crippen molar-refractivity contribution in [3.63, 3.8) is 0 Å². The van der Waals surface area contributed by atoms with Crippen molar-refractivity contribution < 1.29 is 23.6 Å². The molecule has 21 heavy (non-hydrogen) atoms. The molecule has 0 saturated carbocycles. The van der Waals surface area contributed by atoms with E-state index in [9.17, 15) is 19.3 Å². The fourth-order valence-corrected chi connectivity index (χ4v) is 1.97.